The van der Waals surface area contributed by atoms with Crippen LogP contribution >= 0.6 is 11.8 Å². The molecule has 6 rings (SSSR count). The second kappa shape index (κ2) is 7.95. The van der Waals surface area contributed by atoms with E-state index in [9.17, 15) is 0 Å². The molecule has 2 aliphatic rings. The highest BCUT2D eigenvalue weighted by Crippen LogP contribution is 2.52. The van der Waals surface area contributed by atoms with Crippen molar-refractivity contribution in [3.63, 3.8) is 0 Å². The third-order valence-electron chi connectivity index (χ3n) is 7.82. The molecular formula is C31H30N2S. The first kappa shape index (κ1) is 21.4. The number of nitrogens with zero attached hydrogens (tertiary/aromatic N) is 2. The van der Waals surface area contributed by atoms with Crippen molar-refractivity contribution in [3.05, 3.63) is 113 Å². The molecule has 4 aromatic rings. The number of para-hydroxylation sites is 1. The molecule has 4 aromatic carbocycles. The molecule has 170 valence electrons. The maximum atomic E-state index is 2.51. The van der Waals surface area contributed by atoms with Crippen LogP contribution in [-0.2, 0) is 11.8 Å². The second-order valence-corrected chi connectivity index (χ2v) is 11.0. The SMILES string of the molecule is Cc1ccccc1CC1(C)c2c(ccc3ccccc23)N(C)C1/C=C1\Sc2ccccc2N1C. The molecule has 2 nitrogen and oxygen atoms in total. The van der Waals surface area contributed by atoms with Crippen molar-refractivity contribution in [1.29, 1.82) is 0 Å². The Bertz CT molecular complexity index is 1440. The quantitative estimate of drug-likeness (QED) is 0.310. The van der Waals surface area contributed by atoms with E-state index in [1.54, 1.807) is 0 Å². The average Bonchev–Trinajstić information content (AvgIpc) is 3.28. The van der Waals surface area contributed by atoms with Crippen molar-refractivity contribution in [3.8, 4) is 0 Å². The third kappa shape index (κ3) is 3.18. The molecule has 34 heavy (non-hydrogen) atoms. The zero-order valence-electron chi connectivity index (χ0n) is 20.2. The molecular weight excluding hydrogens is 432 g/mol. The Hall–Kier alpha value is -3.17. The van der Waals surface area contributed by atoms with Gasteiger partial charge in [0.15, 0.2) is 0 Å². The molecule has 0 N–H and O–H groups in total. The van der Waals surface area contributed by atoms with E-state index in [0.29, 0.717) is 0 Å². The summed E-state index contributed by atoms with van der Waals surface area (Å²) >= 11 is 1.89. The van der Waals surface area contributed by atoms with Crippen LogP contribution in [-0.4, -0.2) is 20.1 Å². The van der Waals surface area contributed by atoms with E-state index in [-0.39, 0.29) is 11.5 Å². The summed E-state index contributed by atoms with van der Waals surface area (Å²) in [5.74, 6) is 0. The highest BCUT2D eigenvalue weighted by molar-refractivity contribution is 8.03. The maximum Gasteiger partial charge on any atom is 0.0779 e. The molecule has 0 aliphatic carbocycles. The van der Waals surface area contributed by atoms with Crippen LogP contribution in [0, 0.1) is 6.92 Å². The molecule has 0 saturated heterocycles. The van der Waals surface area contributed by atoms with Crippen LogP contribution in [0.1, 0.15) is 23.6 Å². The van der Waals surface area contributed by atoms with Gasteiger partial charge in [0.05, 0.1) is 16.8 Å². The molecule has 0 fully saturated rings. The van der Waals surface area contributed by atoms with Gasteiger partial charge in [-0.3, -0.25) is 0 Å². The Morgan fingerprint density at radius 3 is 2.41 bits per heavy atom. The summed E-state index contributed by atoms with van der Waals surface area (Å²) in [6.07, 6.45) is 3.51. The fraction of sp³-hybridized carbons (Fsp3) is 0.226. The molecule has 0 aromatic heterocycles. The van der Waals surface area contributed by atoms with Crippen molar-refractivity contribution < 1.29 is 0 Å². The summed E-state index contributed by atoms with van der Waals surface area (Å²) in [4.78, 5) is 6.19. The van der Waals surface area contributed by atoms with Crippen molar-refractivity contribution in [2.75, 3.05) is 23.9 Å². The number of rotatable bonds is 3. The van der Waals surface area contributed by atoms with Crippen LogP contribution in [0.3, 0.4) is 0 Å². The summed E-state index contributed by atoms with van der Waals surface area (Å²) in [5.41, 5.74) is 6.84. The Labute approximate surface area is 206 Å². The van der Waals surface area contributed by atoms with Crippen molar-refractivity contribution >= 4 is 33.9 Å². The number of thioether (sulfide) groups is 1. The second-order valence-electron chi connectivity index (χ2n) is 9.89. The number of hydrogen-bond acceptors (Lipinski definition) is 3. The van der Waals surface area contributed by atoms with Crippen molar-refractivity contribution in [1.82, 2.24) is 0 Å². The lowest BCUT2D eigenvalue weighted by atomic mass is 9.71. The van der Waals surface area contributed by atoms with E-state index in [1.807, 2.05) is 11.8 Å². The summed E-state index contributed by atoms with van der Waals surface area (Å²) in [6.45, 7) is 4.72. The van der Waals surface area contributed by atoms with Crippen molar-refractivity contribution in [2.24, 2.45) is 0 Å². The maximum absolute atomic E-state index is 2.51. The molecule has 3 heteroatoms. The lowest BCUT2D eigenvalue weighted by Crippen LogP contribution is -2.42. The molecule has 2 aliphatic heterocycles. The van der Waals surface area contributed by atoms with E-state index < -0.39 is 0 Å². The van der Waals surface area contributed by atoms with E-state index in [0.717, 1.165) is 6.42 Å². The molecule has 2 unspecified atom stereocenters. The Balaban J connectivity index is 1.53. The number of likely N-dealkylation sites (N-methyl/N-ethyl adjacent to an activating group) is 1. The minimum absolute atomic E-state index is 0.0692. The van der Waals surface area contributed by atoms with Gasteiger partial charge in [0, 0.05) is 30.1 Å². The predicted molar refractivity (Wildman–Crippen MR) is 147 cm³/mol. The minimum atomic E-state index is -0.0692. The monoisotopic (exact) mass is 462 g/mol. The van der Waals surface area contributed by atoms with Gasteiger partial charge in [0.2, 0.25) is 0 Å². The van der Waals surface area contributed by atoms with Gasteiger partial charge in [-0.1, -0.05) is 85.4 Å². The van der Waals surface area contributed by atoms with Crippen molar-refractivity contribution in [2.45, 2.75) is 36.6 Å². The predicted octanol–water partition coefficient (Wildman–Crippen LogP) is 7.55. The normalized spacial score (nSPS) is 22.5. The summed E-state index contributed by atoms with van der Waals surface area (Å²) in [5, 5.41) is 4.00. The minimum Gasteiger partial charge on any atom is -0.367 e. The van der Waals surface area contributed by atoms with Crippen LogP contribution in [0.2, 0.25) is 0 Å². The molecule has 0 bridgehead atoms. The molecule has 2 heterocycles. The number of anilines is 2. The number of fused-ring (bicyclic) bond motifs is 4. The molecule has 0 radical (unpaired) electrons. The molecule has 0 saturated carbocycles. The topological polar surface area (TPSA) is 6.48 Å². The molecule has 0 amide bonds. The highest BCUT2D eigenvalue weighted by atomic mass is 32.2. The van der Waals surface area contributed by atoms with E-state index in [1.165, 1.54) is 48.8 Å². The lowest BCUT2D eigenvalue weighted by molar-refractivity contribution is 0.440. The first-order valence-electron chi connectivity index (χ1n) is 12.0. The fourth-order valence-electron chi connectivity index (χ4n) is 5.97. The summed E-state index contributed by atoms with van der Waals surface area (Å²) in [6, 6.07) is 31.3. The largest absolute Gasteiger partial charge is 0.367 e. The Kier molecular flexibility index (Phi) is 5.00. The lowest BCUT2D eigenvalue weighted by Gasteiger charge is -2.35. The standard InChI is InChI=1S/C31H30N2S/c1-21-11-5-6-13-23(21)20-31(2)28(19-29-33(4)25-15-9-10-16-27(25)34-29)32(3)26-18-17-22-12-7-8-14-24(22)30(26)31/h5-19,28H,20H2,1-4H3/b29-19-. The number of aryl methyl sites for hydroxylation is 1. The summed E-state index contributed by atoms with van der Waals surface area (Å²) < 4.78 is 0. The van der Waals surface area contributed by atoms with Crippen LogP contribution < -0.4 is 9.80 Å². The van der Waals surface area contributed by atoms with E-state index in [4.69, 9.17) is 0 Å². The average molecular weight is 463 g/mol. The zero-order chi connectivity index (χ0) is 23.4. The third-order valence-corrected chi connectivity index (χ3v) is 9.00. The first-order chi connectivity index (χ1) is 16.5. The van der Waals surface area contributed by atoms with Gasteiger partial charge in [-0.05, 0) is 65.1 Å². The molecule has 0 spiro atoms. The highest BCUT2D eigenvalue weighted by Gasteiger charge is 2.47. The van der Waals surface area contributed by atoms with E-state index in [2.05, 4.69) is 129 Å². The van der Waals surface area contributed by atoms with Gasteiger partial charge in [0.25, 0.3) is 0 Å². The first-order valence-corrected chi connectivity index (χ1v) is 12.8. The van der Waals surface area contributed by atoms with Gasteiger partial charge < -0.3 is 9.80 Å². The van der Waals surface area contributed by atoms with Gasteiger partial charge >= 0.3 is 0 Å². The summed E-state index contributed by atoms with van der Waals surface area (Å²) in [7, 11) is 4.46. The van der Waals surface area contributed by atoms with E-state index >= 15 is 0 Å². The zero-order valence-corrected chi connectivity index (χ0v) is 21.1. The Morgan fingerprint density at radius 2 is 1.59 bits per heavy atom. The van der Waals surface area contributed by atoms with Gasteiger partial charge in [0.1, 0.15) is 0 Å². The smallest absolute Gasteiger partial charge is 0.0779 e. The van der Waals surface area contributed by atoms with Crippen LogP contribution in [0.25, 0.3) is 10.8 Å². The number of hydrogen-bond donors (Lipinski definition) is 0. The van der Waals surface area contributed by atoms with Crippen LogP contribution in [0.4, 0.5) is 11.4 Å². The number of benzene rings is 4. The van der Waals surface area contributed by atoms with Gasteiger partial charge in [-0.15, -0.1) is 0 Å². The van der Waals surface area contributed by atoms with Gasteiger partial charge in [-0.25, -0.2) is 0 Å². The van der Waals surface area contributed by atoms with Gasteiger partial charge in [-0.2, -0.15) is 0 Å². The Morgan fingerprint density at radius 1 is 0.853 bits per heavy atom. The van der Waals surface area contributed by atoms with Crippen LogP contribution in [0.15, 0.2) is 101 Å². The fourth-order valence-corrected chi connectivity index (χ4v) is 7.09. The van der Waals surface area contributed by atoms with Crippen LogP contribution in [0.5, 0.6) is 0 Å². The molecule has 2 atom stereocenters.